The van der Waals surface area contributed by atoms with Crippen molar-refractivity contribution in [2.24, 2.45) is 0 Å². The molecule has 1 aromatic carbocycles. The molecule has 2 N–H and O–H groups in total. The van der Waals surface area contributed by atoms with Gasteiger partial charge in [-0.2, -0.15) is 4.37 Å². The van der Waals surface area contributed by atoms with Crippen LogP contribution in [0.5, 0.6) is 0 Å². The number of nitrogen functional groups attached to an aromatic ring is 1. The van der Waals surface area contributed by atoms with E-state index in [0.29, 0.717) is 17.3 Å². The monoisotopic (exact) mass is 264 g/mol. The lowest BCUT2D eigenvalue weighted by molar-refractivity contribution is 0.556. The van der Waals surface area contributed by atoms with E-state index in [1.807, 2.05) is 6.07 Å². The molecular weight excluding hydrogens is 256 g/mol. The number of nitrogens with two attached hydrogens (primary N) is 1. The zero-order chi connectivity index (χ0) is 11.7. The van der Waals surface area contributed by atoms with Crippen LogP contribution < -0.4 is 5.73 Å². The van der Waals surface area contributed by atoms with Crippen LogP contribution in [0, 0.1) is 0 Å². The molecule has 5 nitrogen and oxygen atoms in total. The normalized spacial score (nSPS) is 11.1. The molecule has 7 heteroatoms. The second kappa shape index (κ2) is 4.34. The summed E-state index contributed by atoms with van der Waals surface area (Å²) in [6.45, 7) is 0. The van der Waals surface area contributed by atoms with Gasteiger partial charge in [0, 0.05) is 5.69 Å². The fourth-order valence-corrected chi connectivity index (χ4v) is 2.69. The van der Waals surface area contributed by atoms with Crippen molar-refractivity contribution in [3.05, 3.63) is 30.4 Å². The van der Waals surface area contributed by atoms with E-state index in [-0.39, 0.29) is 0 Å². The summed E-state index contributed by atoms with van der Waals surface area (Å²) < 4.78 is 10.4. The molecule has 0 saturated heterocycles. The molecular formula is C10H8N4OS2. The van der Waals surface area contributed by atoms with E-state index >= 15 is 0 Å². The van der Waals surface area contributed by atoms with E-state index in [0.717, 1.165) is 15.4 Å². The topological polar surface area (TPSA) is 77.8 Å². The summed E-state index contributed by atoms with van der Waals surface area (Å²) in [5.41, 5.74) is 7.92. The first-order valence-electron chi connectivity index (χ1n) is 4.86. The van der Waals surface area contributed by atoms with Crippen LogP contribution in [0.2, 0.25) is 0 Å². The van der Waals surface area contributed by atoms with Crippen molar-refractivity contribution < 1.29 is 4.42 Å². The molecule has 2 heterocycles. The highest BCUT2D eigenvalue weighted by Gasteiger charge is 2.07. The van der Waals surface area contributed by atoms with Crippen LogP contribution in [-0.2, 0) is 5.75 Å². The lowest BCUT2D eigenvalue weighted by Gasteiger charge is -1.90. The minimum Gasteiger partial charge on any atom is -0.440 e. The molecule has 0 saturated carbocycles. The fraction of sp³-hybridized carbons (Fsp3) is 0.100. The highest BCUT2D eigenvalue weighted by atomic mass is 32.2. The summed E-state index contributed by atoms with van der Waals surface area (Å²) >= 11 is 2.92. The standard InChI is InChI=1S/C10H8N4OS2/c11-6-1-2-8-7(3-6)14-9(15-8)4-16-10-12-5-13-17-10/h1-3,5H,4,11H2. The maximum atomic E-state index is 5.68. The van der Waals surface area contributed by atoms with Gasteiger partial charge in [0.1, 0.15) is 11.8 Å². The molecule has 17 heavy (non-hydrogen) atoms. The largest absolute Gasteiger partial charge is 0.440 e. The maximum Gasteiger partial charge on any atom is 0.205 e. The third-order valence-corrected chi connectivity index (χ3v) is 3.90. The van der Waals surface area contributed by atoms with Crippen molar-refractivity contribution in [3.63, 3.8) is 0 Å². The van der Waals surface area contributed by atoms with Crippen molar-refractivity contribution in [3.8, 4) is 0 Å². The number of fused-ring (bicyclic) bond motifs is 1. The summed E-state index contributed by atoms with van der Waals surface area (Å²) in [5.74, 6) is 1.31. The van der Waals surface area contributed by atoms with Gasteiger partial charge in [0.15, 0.2) is 9.92 Å². The second-order valence-electron chi connectivity index (χ2n) is 3.33. The van der Waals surface area contributed by atoms with Crippen LogP contribution in [0.4, 0.5) is 5.69 Å². The van der Waals surface area contributed by atoms with Crippen molar-refractivity contribution in [1.82, 2.24) is 14.3 Å². The molecule has 0 fully saturated rings. The number of nitrogens with zero attached hydrogens (tertiary/aromatic N) is 3. The number of benzene rings is 1. The van der Waals surface area contributed by atoms with Crippen molar-refractivity contribution in [2.75, 3.05) is 5.73 Å². The molecule has 3 rings (SSSR count). The van der Waals surface area contributed by atoms with Gasteiger partial charge in [0.05, 0.1) is 5.75 Å². The van der Waals surface area contributed by atoms with E-state index in [9.17, 15) is 0 Å². The van der Waals surface area contributed by atoms with Crippen LogP contribution in [0.3, 0.4) is 0 Å². The minimum atomic E-state index is 0.643. The summed E-state index contributed by atoms with van der Waals surface area (Å²) in [6.07, 6.45) is 1.54. The van der Waals surface area contributed by atoms with Crippen LogP contribution in [-0.4, -0.2) is 14.3 Å². The van der Waals surface area contributed by atoms with E-state index < -0.39 is 0 Å². The zero-order valence-electron chi connectivity index (χ0n) is 8.66. The Labute approximate surface area is 105 Å². The quantitative estimate of drug-likeness (QED) is 0.578. The first-order valence-corrected chi connectivity index (χ1v) is 6.61. The summed E-state index contributed by atoms with van der Waals surface area (Å²) in [6, 6.07) is 5.43. The average Bonchev–Trinajstić information content (AvgIpc) is 2.94. The number of hydrogen-bond acceptors (Lipinski definition) is 7. The summed E-state index contributed by atoms with van der Waals surface area (Å²) in [5, 5.41) is 0. The predicted octanol–water partition coefficient (Wildman–Crippen LogP) is 2.55. The van der Waals surface area contributed by atoms with Crippen LogP contribution in [0.15, 0.2) is 33.3 Å². The van der Waals surface area contributed by atoms with Gasteiger partial charge in [-0.1, -0.05) is 11.8 Å². The summed E-state index contributed by atoms with van der Waals surface area (Å²) in [7, 11) is 0. The maximum absolute atomic E-state index is 5.68. The Bertz CT molecular complexity index is 635. The second-order valence-corrected chi connectivity index (χ2v) is 5.33. The van der Waals surface area contributed by atoms with E-state index in [2.05, 4.69) is 14.3 Å². The molecule has 0 spiro atoms. The molecule has 2 aromatic heterocycles. The van der Waals surface area contributed by atoms with Crippen molar-refractivity contribution >= 4 is 40.1 Å². The number of anilines is 1. The van der Waals surface area contributed by atoms with Crippen LogP contribution >= 0.6 is 23.3 Å². The van der Waals surface area contributed by atoms with E-state index in [1.165, 1.54) is 11.5 Å². The molecule has 0 radical (unpaired) electrons. The Hall–Kier alpha value is -1.60. The number of hydrogen-bond donors (Lipinski definition) is 1. The molecule has 0 atom stereocenters. The number of rotatable bonds is 3. The molecule has 0 aliphatic heterocycles. The van der Waals surface area contributed by atoms with Gasteiger partial charge in [-0.05, 0) is 29.7 Å². The van der Waals surface area contributed by atoms with Gasteiger partial charge in [-0.3, -0.25) is 0 Å². The van der Waals surface area contributed by atoms with Crippen LogP contribution in [0.25, 0.3) is 11.1 Å². The molecule has 3 aromatic rings. The predicted molar refractivity (Wildman–Crippen MR) is 67.9 cm³/mol. The zero-order valence-corrected chi connectivity index (χ0v) is 10.3. The van der Waals surface area contributed by atoms with Gasteiger partial charge in [-0.25, -0.2) is 9.97 Å². The van der Waals surface area contributed by atoms with E-state index in [4.69, 9.17) is 10.2 Å². The fourth-order valence-electron chi connectivity index (χ4n) is 1.40. The van der Waals surface area contributed by atoms with Crippen LogP contribution in [0.1, 0.15) is 5.89 Å². The summed E-state index contributed by atoms with van der Waals surface area (Å²) in [4.78, 5) is 8.44. The third-order valence-electron chi connectivity index (χ3n) is 2.12. The minimum absolute atomic E-state index is 0.643. The Balaban J connectivity index is 1.81. The molecule has 0 aliphatic rings. The SMILES string of the molecule is Nc1ccc2oc(CSc3ncns3)nc2c1. The first-order chi connectivity index (χ1) is 8.31. The molecule has 0 amide bonds. The number of aromatic nitrogens is 3. The smallest absolute Gasteiger partial charge is 0.205 e. The number of oxazole rings is 1. The molecule has 0 aliphatic carbocycles. The Kier molecular flexibility index (Phi) is 2.69. The highest BCUT2D eigenvalue weighted by Crippen LogP contribution is 2.25. The Morgan fingerprint density at radius 1 is 1.41 bits per heavy atom. The molecule has 0 bridgehead atoms. The molecule has 0 unspecified atom stereocenters. The average molecular weight is 264 g/mol. The van der Waals surface area contributed by atoms with Gasteiger partial charge in [0.2, 0.25) is 5.89 Å². The van der Waals surface area contributed by atoms with E-state index in [1.54, 1.807) is 30.2 Å². The Morgan fingerprint density at radius 3 is 3.18 bits per heavy atom. The van der Waals surface area contributed by atoms with Gasteiger partial charge in [0.25, 0.3) is 0 Å². The molecule has 86 valence electrons. The lowest BCUT2D eigenvalue weighted by Crippen LogP contribution is -1.82. The number of thioether (sulfide) groups is 1. The lowest BCUT2D eigenvalue weighted by atomic mass is 10.3. The van der Waals surface area contributed by atoms with Gasteiger partial charge in [-0.15, -0.1) is 0 Å². The first kappa shape index (κ1) is 10.5. The van der Waals surface area contributed by atoms with Crippen molar-refractivity contribution in [2.45, 2.75) is 10.1 Å². The van der Waals surface area contributed by atoms with Gasteiger partial charge >= 0.3 is 0 Å². The Morgan fingerprint density at radius 2 is 2.35 bits per heavy atom. The third kappa shape index (κ3) is 2.25. The highest BCUT2D eigenvalue weighted by molar-refractivity contribution is 8.00. The van der Waals surface area contributed by atoms with Gasteiger partial charge < -0.3 is 10.2 Å². The van der Waals surface area contributed by atoms with Crippen molar-refractivity contribution in [1.29, 1.82) is 0 Å².